The minimum Gasteiger partial charge on any atom is -0.319 e. The molecule has 0 spiro atoms. The van der Waals surface area contributed by atoms with Crippen LogP contribution in [0.25, 0.3) is 10.2 Å². The molecule has 1 fully saturated rings. The van der Waals surface area contributed by atoms with Crippen LogP contribution in [0.5, 0.6) is 0 Å². The molecule has 2 aromatic rings. The summed E-state index contributed by atoms with van der Waals surface area (Å²) in [6.45, 7) is 6.75. The first-order valence-electron chi connectivity index (χ1n) is 6.97. The standard InChI is InChI=1S/C15H21N3S/c1-11-17-14-4-3-12(7-15(14)19-11)9-18-6-5-13(10-18)8-16-2/h3-4,7,13,16H,5-6,8-10H2,1-2H3. The Morgan fingerprint density at radius 1 is 1.47 bits per heavy atom. The number of fused-ring (bicyclic) bond motifs is 1. The largest absolute Gasteiger partial charge is 0.319 e. The zero-order valence-electron chi connectivity index (χ0n) is 11.6. The summed E-state index contributed by atoms with van der Waals surface area (Å²) in [5.41, 5.74) is 2.56. The molecule has 3 nitrogen and oxygen atoms in total. The smallest absolute Gasteiger partial charge is 0.0907 e. The summed E-state index contributed by atoms with van der Waals surface area (Å²) < 4.78 is 1.32. The van der Waals surface area contributed by atoms with Gasteiger partial charge in [0, 0.05) is 13.1 Å². The fourth-order valence-corrected chi connectivity index (χ4v) is 3.84. The Balaban J connectivity index is 1.68. The van der Waals surface area contributed by atoms with E-state index < -0.39 is 0 Å². The van der Waals surface area contributed by atoms with E-state index in [1.807, 2.05) is 7.05 Å². The lowest BCUT2D eigenvalue weighted by Crippen LogP contribution is -2.24. The van der Waals surface area contributed by atoms with Crippen LogP contribution in [0.4, 0.5) is 0 Å². The van der Waals surface area contributed by atoms with Gasteiger partial charge in [0.25, 0.3) is 0 Å². The van der Waals surface area contributed by atoms with Crippen LogP contribution in [-0.2, 0) is 6.54 Å². The van der Waals surface area contributed by atoms with Gasteiger partial charge < -0.3 is 5.32 Å². The molecule has 1 aromatic carbocycles. The van der Waals surface area contributed by atoms with Gasteiger partial charge >= 0.3 is 0 Å². The lowest BCUT2D eigenvalue weighted by atomic mass is 10.1. The van der Waals surface area contributed by atoms with Crippen molar-refractivity contribution in [3.63, 3.8) is 0 Å². The number of rotatable bonds is 4. The van der Waals surface area contributed by atoms with E-state index in [9.17, 15) is 0 Å². The van der Waals surface area contributed by atoms with Crippen molar-refractivity contribution in [2.45, 2.75) is 19.9 Å². The van der Waals surface area contributed by atoms with Gasteiger partial charge in [-0.05, 0) is 57.1 Å². The minimum atomic E-state index is 0.819. The number of aryl methyl sites for hydroxylation is 1. The summed E-state index contributed by atoms with van der Waals surface area (Å²) in [6, 6.07) is 6.70. The van der Waals surface area contributed by atoms with E-state index in [2.05, 4.69) is 40.3 Å². The van der Waals surface area contributed by atoms with Gasteiger partial charge in [0.2, 0.25) is 0 Å². The third-order valence-corrected chi connectivity index (χ3v) is 4.76. The number of benzene rings is 1. The SMILES string of the molecule is CNCC1CCN(Cc2ccc3nc(C)sc3c2)C1. The highest BCUT2D eigenvalue weighted by Gasteiger charge is 2.21. The Morgan fingerprint density at radius 3 is 3.21 bits per heavy atom. The van der Waals surface area contributed by atoms with Crippen molar-refractivity contribution in [2.75, 3.05) is 26.7 Å². The molecule has 4 heteroatoms. The van der Waals surface area contributed by atoms with Crippen molar-refractivity contribution in [1.82, 2.24) is 15.2 Å². The van der Waals surface area contributed by atoms with Crippen LogP contribution in [0.15, 0.2) is 18.2 Å². The van der Waals surface area contributed by atoms with Gasteiger partial charge in [-0.25, -0.2) is 4.98 Å². The van der Waals surface area contributed by atoms with Crippen molar-refractivity contribution in [3.05, 3.63) is 28.8 Å². The van der Waals surface area contributed by atoms with Crippen molar-refractivity contribution >= 4 is 21.6 Å². The van der Waals surface area contributed by atoms with Crippen molar-refractivity contribution in [2.24, 2.45) is 5.92 Å². The van der Waals surface area contributed by atoms with Crippen LogP contribution in [0, 0.1) is 12.8 Å². The van der Waals surface area contributed by atoms with Crippen LogP contribution < -0.4 is 5.32 Å². The molecular formula is C15H21N3S. The predicted molar refractivity (Wildman–Crippen MR) is 81.7 cm³/mol. The molecule has 0 bridgehead atoms. The molecule has 1 aliphatic heterocycles. The Bertz CT molecular complexity index is 564. The molecule has 1 atom stereocenters. The second kappa shape index (κ2) is 5.57. The highest BCUT2D eigenvalue weighted by atomic mass is 32.1. The molecule has 0 saturated carbocycles. The number of thiazole rings is 1. The van der Waals surface area contributed by atoms with Gasteiger partial charge in [-0.15, -0.1) is 11.3 Å². The van der Waals surface area contributed by atoms with Crippen LogP contribution in [-0.4, -0.2) is 36.6 Å². The van der Waals surface area contributed by atoms with Gasteiger partial charge in [-0.2, -0.15) is 0 Å². The van der Waals surface area contributed by atoms with E-state index in [1.165, 1.54) is 29.8 Å². The quantitative estimate of drug-likeness (QED) is 0.930. The third-order valence-electron chi connectivity index (χ3n) is 3.83. The number of hydrogen-bond acceptors (Lipinski definition) is 4. The Labute approximate surface area is 118 Å². The maximum Gasteiger partial charge on any atom is 0.0907 e. The molecule has 0 aliphatic carbocycles. The molecule has 1 saturated heterocycles. The maximum atomic E-state index is 4.52. The summed E-state index contributed by atoms with van der Waals surface area (Å²) in [4.78, 5) is 7.09. The summed E-state index contributed by atoms with van der Waals surface area (Å²) in [5.74, 6) is 0.819. The van der Waals surface area contributed by atoms with Crippen LogP contribution in [0.1, 0.15) is 17.0 Å². The fourth-order valence-electron chi connectivity index (χ4n) is 2.95. The van der Waals surface area contributed by atoms with E-state index in [-0.39, 0.29) is 0 Å². The summed E-state index contributed by atoms with van der Waals surface area (Å²) in [5, 5.41) is 4.44. The first kappa shape index (κ1) is 13.0. The molecule has 0 radical (unpaired) electrons. The zero-order chi connectivity index (χ0) is 13.2. The van der Waals surface area contributed by atoms with Gasteiger partial charge in [0.05, 0.1) is 15.2 Å². The topological polar surface area (TPSA) is 28.2 Å². The molecule has 1 aromatic heterocycles. The summed E-state index contributed by atoms with van der Waals surface area (Å²) >= 11 is 1.79. The van der Waals surface area contributed by atoms with E-state index >= 15 is 0 Å². The molecule has 3 rings (SSSR count). The highest BCUT2D eigenvalue weighted by molar-refractivity contribution is 7.18. The zero-order valence-corrected chi connectivity index (χ0v) is 12.5. The van der Waals surface area contributed by atoms with Gasteiger partial charge in [-0.1, -0.05) is 6.07 Å². The summed E-state index contributed by atoms with van der Waals surface area (Å²) in [6.07, 6.45) is 1.32. The normalized spacial score (nSPS) is 20.4. The molecule has 19 heavy (non-hydrogen) atoms. The maximum absolute atomic E-state index is 4.52. The lowest BCUT2D eigenvalue weighted by molar-refractivity contribution is 0.315. The van der Waals surface area contributed by atoms with Crippen molar-refractivity contribution in [3.8, 4) is 0 Å². The Hall–Kier alpha value is -0.970. The van der Waals surface area contributed by atoms with Crippen molar-refractivity contribution in [1.29, 1.82) is 0 Å². The first-order valence-corrected chi connectivity index (χ1v) is 7.79. The average Bonchev–Trinajstić information content (AvgIpc) is 2.95. The van der Waals surface area contributed by atoms with Crippen molar-refractivity contribution < 1.29 is 0 Å². The number of nitrogens with zero attached hydrogens (tertiary/aromatic N) is 2. The first-order chi connectivity index (χ1) is 9.24. The fraction of sp³-hybridized carbons (Fsp3) is 0.533. The lowest BCUT2D eigenvalue weighted by Gasteiger charge is -2.16. The second-order valence-electron chi connectivity index (χ2n) is 5.48. The number of hydrogen-bond donors (Lipinski definition) is 1. The Kier molecular flexibility index (Phi) is 3.82. The molecule has 0 amide bonds. The number of nitrogens with one attached hydrogen (secondary N) is 1. The highest BCUT2D eigenvalue weighted by Crippen LogP contribution is 2.24. The molecular weight excluding hydrogens is 254 g/mol. The molecule has 1 N–H and O–H groups in total. The van der Waals surface area contributed by atoms with Crippen LogP contribution in [0.2, 0.25) is 0 Å². The predicted octanol–water partition coefficient (Wildman–Crippen LogP) is 2.65. The second-order valence-corrected chi connectivity index (χ2v) is 6.72. The van der Waals surface area contributed by atoms with Crippen LogP contribution in [0.3, 0.4) is 0 Å². The van der Waals surface area contributed by atoms with E-state index in [1.54, 1.807) is 11.3 Å². The molecule has 102 valence electrons. The van der Waals surface area contributed by atoms with Gasteiger partial charge in [-0.3, -0.25) is 4.90 Å². The molecule has 1 unspecified atom stereocenters. The Morgan fingerprint density at radius 2 is 2.37 bits per heavy atom. The number of aromatic nitrogens is 1. The molecule has 1 aliphatic rings. The van der Waals surface area contributed by atoms with E-state index in [0.29, 0.717) is 0 Å². The monoisotopic (exact) mass is 275 g/mol. The van der Waals surface area contributed by atoms with E-state index in [0.717, 1.165) is 29.5 Å². The average molecular weight is 275 g/mol. The van der Waals surface area contributed by atoms with Crippen LogP contribution >= 0.6 is 11.3 Å². The van der Waals surface area contributed by atoms with Gasteiger partial charge in [0.15, 0.2) is 0 Å². The third kappa shape index (κ3) is 2.96. The van der Waals surface area contributed by atoms with Gasteiger partial charge in [0.1, 0.15) is 0 Å². The minimum absolute atomic E-state index is 0.819. The van der Waals surface area contributed by atoms with E-state index in [4.69, 9.17) is 0 Å². The number of likely N-dealkylation sites (tertiary alicyclic amines) is 1. The summed E-state index contributed by atoms with van der Waals surface area (Å²) in [7, 11) is 2.04. The molecule has 2 heterocycles.